The molecule has 0 radical (unpaired) electrons. The Morgan fingerprint density at radius 3 is 2.72 bits per heavy atom. The van der Waals surface area contributed by atoms with E-state index in [-0.39, 0.29) is 17.4 Å². The first-order valence-corrected chi connectivity index (χ1v) is 9.85. The predicted octanol–water partition coefficient (Wildman–Crippen LogP) is 4.31. The summed E-state index contributed by atoms with van der Waals surface area (Å²) in [4.78, 5) is 29.5. The van der Waals surface area contributed by atoms with Gasteiger partial charge in [-0.15, -0.1) is 0 Å². The molecule has 1 aliphatic heterocycles. The van der Waals surface area contributed by atoms with E-state index in [9.17, 15) is 14.0 Å². The maximum atomic E-state index is 13.3. The summed E-state index contributed by atoms with van der Waals surface area (Å²) >= 11 is 0. The quantitative estimate of drug-likeness (QED) is 0.500. The van der Waals surface area contributed by atoms with Gasteiger partial charge in [-0.05, 0) is 62.4 Å². The van der Waals surface area contributed by atoms with Gasteiger partial charge in [-0.1, -0.05) is 5.16 Å². The van der Waals surface area contributed by atoms with Gasteiger partial charge in [0.2, 0.25) is 0 Å². The molecule has 160 valence electrons. The number of aromatic nitrogens is 2. The SMILES string of the molecule is Cc1noc2nc(-c3ccc(F)cc3)cc(C(=O)Nc3ccc4c(c3)NC(=O)[C@@H](C)O4)c12. The Morgan fingerprint density at radius 1 is 1.16 bits per heavy atom. The largest absolute Gasteiger partial charge is 0.479 e. The number of halogens is 1. The number of aryl methyl sites for hydroxylation is 1. The lowest BCUT2D eigenvalue weighted by Crippen LogP contribution is -2.34. The average Bonchev–Trinajstić information content (AvgIpc) is 3.15. The van der Waals surface area contributed by atoms with Gasteiger partial charge in [-0.3, -0.25) is 9.59 Å². The number of rotatable bonds is 3. The highest BCUT2D eigenvalue weighted by molar-refractivity contribution is 6.13. The number of nitrogens with one attached hydrogen (secondary N) is 2. The summed E-state index contributed by atoms with van der Waals surface area (Å²) in [5.74, 6) is -0.527. The summed E-state index contributed by atoms with van der Waals surface area (Å²) in [6, 6.07) is 12.4. The number of carbonyl (C=O) groups is 2. The molecule has 0 bridgehead atoms. The maximum Gasteiger partial charge on any atom is 0.265 e. The van der Waals surface area contributed by atoms with Crippen LogP contribution in [0.2, 0.25) is 0 Å². The molecular formula is C23H17FN4O4. The number of fused-ring (bicyclic) bond motifs is 2. The van der Waals surface area contributed by atoms with Gasteiger partial charge in [0.15, 0.2) is 6.10 Å². The number of amides is 2. The molecule has 2 aromatic carbocycles. The number of ether oxygens (including phenoxy) is 1. The first-order valence-electron chi connectivity index (χ1n) is 9.85. The molecule has 8 nitrogen and oxygen atoms in total. The number of hydrogen-bond donors (Lipinski definition) is 2. The summed E-state index contributed by atoms with van der Waals surface area (Å²) in [5.41, 5.74) is 3.03. The lowest BCUT2D eigenvalue weighted by molar-refractivity contribution is -0.122. The molecular weight excluding hydrogens is 415 g/mol. The van der Waals surface area contributed by atoms with Crippen LogP contribution in [-0.2, 0) is 4.79 Å². The molecule has 0 saturated carbocycles. The van der Waals surface area contributed by atoms with E-state index in [0.717, 1.165) is 0 Å². The number of benzene rings is 2. The van der Waals surface area contributed by atoms with Crippen LogP contribution in [0, 0.1) is 12.7 Å². The van der Waals surface area contributed by atoms with Crippen LogP contribution >= 0.6 is 0 Å². The number of nitrogens with zero attached hydrogens (tertiary/aromatic N) is 2. The van der Waals surface area contributed by atoms with Crippen molar-refractivity contribution in [2.75, 3.05) is 10.6 Å². The third-order valence-electron chi connectivity index (χ3n) is 5.17. The number of pyridine rings is 1. The molecule has 2 N–H and O–H groups in total. The highest BCUT2D eigenvalue weighted by Gasteiger charge is 2.24. The second-order valence-corrected chi connectivity index (χ2v) is 7.42. The summed E-state index contributed by atoms with van der Waals surface area (Å²) in [6.07, 6.45) is -0.588. The van der Waals surface area contributed by atoms with Crippen molar-refractivity contribution in [3.05, 3.63) is 65.6 Å². The highest BCUT2D eigenvalue weighted by Crippen LogP contribution is 2.33. The van der Waals surface area contributed by atoms with E-state index in [1.807, 2.05) is 0 Å². The molecule has 0 saturated heterocycles. The minimum Gasteiger partial charge on any atom is -0.479 e. The summed E-state index contributed by atoms with van der Waals surface area (Å²) in [6.45, 7) is 3.37. The normalized spacial score (nSPS) is 15.1. The van der Waals surface area contributed by atoms with Gasteiger partial charge in [0, 0.05) is 11.3 Å². The Balaban J connectivity index is 1.52. The monoisotopic (exact) mass is 432 g/mol. The van der Waals surface area contributed by atoms with Crippen molar-refractivity contribution in [1.82, 2.24) is 10.1 Å². The van der Waals surface area contributed by atoms with E-state index in [1.165, 1.54) is 12.1 Å². The second-order valence-electron chi connectivity index (χ2n) is 7.42. The molecule has 32 heavy (non-hydrogen) atoms. The first-order chi connectivity index (χ1) is 15.4. The first kappa shape index (κ1) is 19.7. The van der Waals surface area contributed by atoms with Crippen LogP contribution in [-0.4, -0.2) is 28.1 Å². The summed E-state index contributed by atoms with van der Waals surface area (Å²) in [7, 11) is 0. The van der Waals surface area contributed by atoms with Crippen LogP contribution in [0.15, 0.2) is 53.1 Å². The Hall–Kier alpha value is -4.27. The topological polar surface area (TPSA) is 106 Å². The molecule has 0 fully saturated rings. The second kappa shape index (κ2) is 7.45. The van der Waals surface area contributed by atoms with E-state index >= 15 is 0 Å². The van der Waals surface area contributed by atoms with E-state index in [0.29, 0.717) is 45.0 Å². The molecule has 0 unspecified atom stereocenters. The Kier molecular flexibility index (Phi) is 4.58. The minimum absolute atomic E-state index is 0.203. The van der Waals surface area contributed by atoms with Gasteiger partial charge < -0.3 is 19.9 Å². The molecule has 3 heterocycles. The zero-order chi connectivity index (χ0) is 22.4. The van der Waals surface area contributed by atoms with Gasteiger partial charge in [0.25, 0.3) is 17.5 Å². The third-order valence-corrected chi connectivity index (χ3v) is 5.17. The van der Waals surface area contributed by atoms with Crippen molar-refractivity contribution in [3.8, 4) is 17.0 Å². The van der Waals surface area contributed by atoms with Crippen LogP contribution < -0.4 is 15.4 Å². The smallest absolute Gasteiger partial charge is 0.265 e. The van der Waals surface area contributed by atoms with E-state index < -0.39 is 12.0 Å². The fraction of sp³-hybridized carbons (Fsp3) is 0.130. The number of hydrogen-bond acceptors (Lipinski definition) is 6. The lowest BCUT2D eigenvalue weighted by atomic mass is 10.0. The van der Waals surface area contributed by atoms with Gasteiger partial charge in [0.1, 0.15) is 11.6 Å². The molecule has 9 heteroatoms. The lowest BCUT2D eigenvalue weighted by Gasteiger charge is -2.23. The van der Waals surface area contributed by atoms with Gasteiger partial charge in [0.05, 0.1) is 28.0 Å². The van der Waals surface area contributed by atoms with Gasteiger partial charge in [-0.25, -0.2) is 9.37 Å². The maximum absolute atomic E-state index is 13.3. The van der Waals surface area contributed by atoms with Crippen molar-refractivity contribution in [2.45, 2.75) is 20.0 Å². The molecule has 0 spiro atoms. The molecule has 1 aliphatic rings. The van der Waals surface area contributed by atoms with E-state index in [1.54, 1.807) is 50.2 Å². The number of anilines is 2. The molecule has 5 rings (SSSR count). The van der Waals surface area contributed by atoms with Crippen molar-refractivity contribution in [2.24, 2.45) is 0 Å². The van der Waals surface area contributed by atoms with Crippen molar-refractivity contribution in [1.29, 1.82) is 0 Å². The van der Waals surface area contributed by atoms with Crippen molar-refractivity contribution in [3.63, 3.8) is 0 Å². The Morgan fingerprint density at radius 2 is 1.94 bits per heavy atom. The third kappa shape index (κ3) is 3.43. The Labute approximate surface area is 181 Å². The van der Waals surface area contributed by atoms with Crippen molar-refractivity contribution >= 4 is 34.3 Å². The van der Waals surface area contributed by atoms with Crippen LogP contribution in [0.3, 0.4) is 0 Å². The standard InChI is InChI=1S/C23H17FN4O4/c1-11-20-16(10-17(27-23(20)32-28-11)13-3-5-14(24)6-4-13)22(30)25-15-7-8-19-18(9-15)26-21(29)12(2)31-19/h3-10,12H,1-2H3,(H,25,30)(H,26,29)/t12-/m1/s1. The molecule has 2 amide bonds. The van der Waals surface area contributed by atoms with Crippen molar-refractivity contribution < 1.29 is 23.2 Å². The summed E-state index contributed by atoms with van der Waals surface area (Å²) < 4.78 is 24.2. The van der Waals surface area contributed by atoms with Gasteiger partial charge >= 0.3 is 0 Å². The average molecular weight is 432 g/mol. The zero-order valence-electron chi connectivity index (χ0n) is 17.1. The Bertz CT molecular complexity index is 1380. The van der Waals surface area contributed by atoms with Crippen LogP contribution in [0.1, 0.15) is 23.0 Å². The molecule has 0 aliphatic carbocycles. The van der Waals surface area contributed by atoms with Crippen LogP contribution in [0.25, 0.3) is 22.4 Å². The van der Waals surface area contributed by atoms with Gasteiger partial charge in [-0.2, -0.15) is 0 Å². The van der Waals surface area contributed by atoms with Crippen LogP contribution in [0.5, 0.6) is 5.75 Å². The molecule has 2 aromatic heterocycles. The molecule has 4 aromatic rings. The fourth-order valence-corrected chi connectivity index (χ4v) is 3.53. The fourth-order valence-electron chi connectivity index (χ4n) is 3.53. The summed E-state index contributed by atoms with van der Waals surface area (Å²) in [5, 5.41) is 9.99. The van der Waals surface area contributed by atoms with E-state index in [4.69, 9.17) is 9.26 Å². The number of carbonyl (C=O) groups excluding carboxylic acids is 2. The zero-order valence-corrected chi connectivity index (χ0v) is 17.1. The molecule has 1 atom stereocenters. The predicted molar refractivity (Wildman–Crippen MR) is 115 cm³/mol. The van der Waals surface area contributed by atoms with E-state index in [2.05, 4.69) is 20.8 Å². The highest BCUT2D eigenvalue weighted by atomic mass is 19.1. The minimum atomic E-state index is -0.588. The van der Waals surface area contributed by atoms with Crippen LogP contribution in [0.4, 0.5) is 15.8 Å².